The fourth-order valence-corrected chi connectivity index (χ4v) is 3.36. The van der Waals surface area contributed by atoms with E-state index in [0.717, 1.165) is 17.1 Å². The Balaban J connectivity index is 1.53. The lowest BCUT2D eigenvalue weighted by Gasteiger charge is -2.09. The van der Waals surface area contributed by atoms with Crippen LogP contribution in [-0.2, 0) is 17.9 Å². The van der Waals surface area contributed by atoms with Gasteiger partial charge in [-0.1, -0.05) is 65.9 Å². The number of aryl methyl sites for hydroxylation is 1. The largest absolute Gasteiger partial charge is 0.378 e. The number of nitrogens with one attached hydrogen (secondary N) is 2. The van der Waals surface area contributed by atoms with Gasteiger partial charge in [-0.15, -0.1) is 16.8 Å². The predicted molar refractivity (Wildman–Crippen MR) is 122 cm³/mol. The number of rotatable bonds is 10. The summed E-state index contributed by atoms with van der Waals surface area (Å²) in [6.07, 6.45) is 3.40. The number of para-hydroxylation sites is 1. The number of hydrogen-bond donors (Lipinski definition) is 2. The molecule has 0 aliphatic heterocycles. The second-order valence-corrected chi connectivity index (χ2v) is 7.45. The van der Waals surface area contributed by atoms with Crippen molar-refractivity contribution in [3.05, 3.63) is 84.2 Å². The average Bonchev–Trinajstić information content (AvgIpc) is 3.15. The summed E-state index contributed by atoms with van der Waals surface area (Å²) in [7, 11) is 0. The Bertz CT molecular complexity index is 998. The zero-order valence-corrected chi connectivity index (χ0v) is 17.6. The highest BCUT2D eigenvalue weighted by Crippen LogP contribution is 2.18. The van der Waals surface area contributed by atoms with Crippen LogP contribution >= 0.6 is 11.8 Å². The van der Waals surface area contributed by atoms with Crippen LogP contribution in [0.15, 0.2) is 77.5 Å². The average molecular weight is 421 g/mol. The van der Waals surface area contributed by atoms with Gasteiger partial charge in [0.2, 0.25) is 0 Å². The molecule has 3 aromatic rings. The van der Waals surface area contributed by atoms with E-state index >= 15 is 0 Å². The fraction of sp³-hybridized carbons (Fsp3) is 0.182. The molecule has 8 heteroatoms. The molecule has 0 fully saturated rings. The molecule has 0 bridgehead atoms. The molecular weight excluding hydrogens is 396 g/mol. The van der Waals surface area contributed by atoms with Crippen LogP contribution in [0.1, 0.15) is 17.0 Å². The standard InChI is InChI=1S/C22H24N6OS/c1-3-13-28-20(15-23-19-7-5-4-6-8-19)25-27-22(28)30-16-21(29)26-24-14-18-11-9-17(2)10-12-18/h3-12,14,23H,1,13,15-16H2,2H3,(H,26,29). The van der Waals surface area contributed by atoms with Gasteiger partial charge in [0.05, 0.1) is 18.5 Å². The Hall–Kier alpha value is -3.39. The zero-order valence-electron chi connectivity index (χ0n) is 16.8. The van der Waals surface area contributed by atoms with Gasteiger partial charge in [0.1, 0.15) is 0 Å². The first-order chi connectivity index (χ1) is 14.7. The second-order valence-electron chi connectivity index (χ2n) is 6.51. The van der Waals surface area contributed by atoms with Crippen LogP contribution in [0, 0.1) is 6.92 Å². The van der Waals surface area contributed by atoms with Crippen molar-refractivity contribution in [2.45, 2.75) is 25.2 Å². The summed E-state index contributed by atoms with van der Waals surface area (Å²) in [5, 5.41) is 16.5. The van der Waals surface area contributed by atoms with Gasteiger partial charge >= 0.3 is 0 Å². The molecular formula is C22H24N6OS. The lowest BCUT2D eigenvalue weighted by atomic mass is 10.2. The minimum Gasteiger partial charge on any atom is -0.378 e. The highest BCUT2D eigenvalue weighted by Gasteiger charge is 2.13. The maximum atomic E-state index is 12.1. The highest BCUT2D eigenvalue weighted by molar-refractivity contribution is 7.99. The fourth-order valence-electron chi connectivity index (χ4n) is 2.60. The van der Waals surface area contributed by atoms with E-state index < -0.39 is 0 Å². The monoisotopic (exact) mass is 420 g/mol. The summed E-state index contributed by atoms with van der Waals surface area (Å²) >= 11 is 1.31. The predicted octanol–water partition coefficient (Wildman–Crippen LogP) is 3.63. The van der Waals surface area contributed by atoms with E-state index in [1.54, 1.807) is 12.3 Å². The van der Waals surface area contributed by atoms with Gasteiger partial charge in [0, 0.05) is 12.2 Å². The minimum atomic E-state index is -0.208. The summed E-state index contributed by atoms with van der Waals surface area (Å²) in [5.41, 5.74) is 5.65. The SMILES string of the molecule is C=CCn1c(CNc2ccccc2)nnc1SCC(=O)NN=Cc1ccc(C)cc1. The quantitative estimate of drug-likeness (QED) is 0.226. The van der Waals surface area contributed by atoms with Crippen molar-refractivity contribution in [1.29, 1.82) is 0 Å². The van der Waals surface area contributed by atoms with Gasteiger partial charge in [0.15, 0.2) is 11.0 Å². The molecule has 30 heavy (non-hydrogen) atoms. The van der Waals surface area contributed by atoms with E-state index in [1.807, 2.05) is 66.1 Å². The van der Waals surface area contributed by atoms with Crippen molar-refractivity contribution < 1.29 is 4.79 Å². The van der Waals surface area contributed by atoms with Crippen molar-refractivity contribution in [3.63, 3.8) is 0 Å². The number of anilines is 1. The first kappa shape index (κ1) is 21.3. The van der Waals surface area contributed by atoms with Gasteiger partial charge < -0.3 is 9.88 Å². The van der Waals surface area contributed by atoms with Crippen LogP contribution in [0.3, 0.4) is 0 Å². The van der Waals surface area contributed by atoms with Crippen molar-refractivity contribution in [1.82, 2.24) is 20.2 Å². The third kappa shape index (κ3) is 6.31. The Kier molecular flexibility index (Phi) is 7.79. The number of hydrazone groups is 1. The summed E-state index contributed by atoms with van der Waals surface area (Å²) in [6, 6.07) is 17.8. The van der Waals surface area contributed by atoms with E-state index in [4.69, 9.17) is 0 Å². The highest BCUT2D eigenvalue weighted by atomic mass is 32.2. The number of amides is 1. The molecule has 0 saturated carbocycles. The van der Waals surface area contributed by atoms with E-state index in [-0.39, 0.29) is 11.7 Å². The van der Waals surface area contributed by atoms with Crippen LogP contribution in [0.2, 0.25) is 0 Å². The number of carbonyl (C=O) groups is 1. The summed E-state index contributed by atoms with van der Waals surface area (Å²) in [6.45, 7) is 6.91. The molecule has 2 N–H and O–H groups in total. The Labute approximate surface area is 180 Å². The van der Waals surface area contributed by atoms with Gasteiger partial charge in [0.25, 0.3) is 5.91 Å². The molecule has 1 heterocycles. The van der Waals surface area contributed by atoms with E-state index in [0.29, 0.717) is 18.2 Å². The number of allylic oxidation sites excluding steroid dienone is 1. The molecule has 1 aromatic heterocycles. The number of hydrogen-bond acceptors (Lipinski definition) is 6. The van der Waals surface area contributed by atoms with E-state index in [1.165, 1.54) is 17.3 Å². The molecule has 154 valence electrons. The molecule has 7 nitrogen and oxygen atoms in total. The van der Waals surface area contributed by atoms with Gasteiger partial charge in [-0.05, 0) is 24.6 Å². The number of benzene rings is 2. The Morgan fingerprint density at radius 2 is 1.93 bits per heavy atom. The molecule has 0 spiro atoms. The lowest BCUT2D eigenvalue weighted by Crippen LogP contribution is -2.20. The van der Waals surface area contributed by atoms with Crippen LogP contribution in [0.25, 0.3) is 0 Å². The van der Waals surface area contributed by atoms with Crippen LogP contribution in [0.5, 0.6) is 0 Å². The molecule has 1 amide bonds. The maximum Gasteiger partial charge on any atom is 0.250 e. The first-order valence-electron chi connectivity index (χ1n) is 9.49. The molecule has 0 radical (unpaired) electrons. The molecule has 0 saturated heterocycles. The second kappa shape index (κ2) is 11.0. The summed E-state index contributed by atoms with van der Waals surface area (Å²) in [5.74, 6) is 0.756. The van der Waals surface area contributed by atoms with Crippen LogP contribution in [-0.4, -0.2) is 32.6 Å². The minimum absolute atomic E-state index is 0.187. The topological polar surface area (TPSA) is 84.2 Å². The van der Waals surface area contributed by atoms with Crippen molar-refractivity contribution in [2.75, 3.05) is 11.1 Å². The van der Waals surface area contributed by atoms with E-state index in [9.17, 15) is 4.79 Å². The third-order valence-corrected chi connectivity index (χ3v) is 5.11. The molecule has 0 aliphatic rings. The molecule has 0 aliphatic carbocycles. The molecule has 3 rings (SSSR count). The van der Waals surface area contributed by atoms with Gasteiger partial charge in [-0.3, -0.25) is 4.79 Å². The zero-order chi connectivity index (χ0) is 21.2. The normalized spacial score (nSPS) is 10.8. The smallest absolute Gasteiger partial charge is 0.250 e. The Morgan fingerprint density at radius 1 is 1.17 bits per heavy atom. The summed E-state index contributed by atoms with van der Waals surface area (Å²) < 4.78 is 1.94. The van der Waals surface area contributed by atoms with Gasteiger partial charge in [-0.25, -0.2) is 5.43 Å². The number of carbonyl (C=O) groups excluding carboxylic acids is 1. The third-order valence-electron chi connectivity index (χ3n) is 4.14. The lowest BCUT2D eigenvalue weighted by molar-refractivity contribution is -0.118. The molecule has 0 atom stereocenters. The van der Waals surface area contributed by atoms with Crippen molar-refractivity contribution >= 4 is 29.6 Å². The summed E-state index contributed by atoms with van der Waals surface area (Å²) in [4.78, 5) is 12.1. The maximum absolute atomic E-state index is 12.1. The molecule has 0 unspecified atom stereocenters. The number of nitrogens with zero attached hydrogens (tertiary/aromatic N) is 4. The van der Waals surface area contributed by atoms with Crippen molar-refractivity contribution in [2.24, 2.45) is 5.10 Å². The van der Waals surface area contributed by atoms with Crippen LogP contribution in [0.4, 0.5) is 5.69 Å². The van der Waals surface area contributed by atoms with Crippen molar-refractivity contribution in [3.8, 4) is 0 Å². The number of thioether (sulfide) groups is 1. The Morgan fingerprint density at radius 3 is 2.67 bits per heavy atom. The van der Waals surface area contributed by atoms with Gasteiger partial charge in [-0.2, -0.15) is 5.10 Å². The molecule has 2 aromatic carbocycles. The first-order valence-corrected chi connectivity index (χ1v) is 10.5. The van der Waals surface area contributed by atoms with E-state index in [2.05, 4.69) is 32.6 Å². The number of aromatic nitrogens is 3. The van der Waals surface area contributed by atoms with Crippen LogP contribution < -0.4 is 10.7 Å².